The van der Waals surface area contributed by atoms with Crippen LogP contribution in [0.2, 0.25) is 0 Å². The van der Waals surface area contributed by atoms with Crippen LogP contribution in [-0.4, -0.2) is 43.9 Å². The summed E-state index contributed by atoms with van der Waals surface area (Å²) in [4.78, 5) is 21.3. The van der Waals surface area contributed by atoms with E-state index in [-0.39, 0.29) is 31.4 Å². The summed E-state index contributed by atoms with van der Waals surface area (Å²) >= 11 is 0. The van der Waals surface area contributed by atoms with Gasteiger partial charge in [0.05, 0.1) is 12.9 Å². The zero-order chi connectivity index (χ0) is 15.1. The van der Waals surface area contributed by atoms with Gasteiger partial charge in [-0.2, -0.15) is 0 Å². The number of carbonyl (C=O) groups is 2. The van der Waals surface area contributed by atoms with Gasteiger partial charge in [0.2, 0.25) is 10.0 Å². The number of rotatable bonds is 9. The van der Waals surface area contributed by atoms with Crippen LogP contribution in [0.15, 0.2) is 0 Å². The van der Waals surface area contributed by atoms with Gasteiger partial charge in [-0.1, -0.05) is 0 Å². The number of aliphatic carboxylic acids is 1. The maximum atomic E-state index is 11.8. The lowest BCUT2D eigenvalue weighted by atomic mass is 10.0. The third-order valence-electron chi connectivity index (χ3n) is 2.42. The van der Waals surface area contributed by atoms with Gasteiger partial charge in [0, 0.05) is 18.4 Å². The summed E-state index contributed by atoms with van der Waals surface area (Å²) in [5.41, 5.74) is -0.831. The van der Waals surface area contributed by atoms with Gasteiger partial charge in [-0.05, 0) is 26.7 Å². The highest BCUT2D eigenvalue weighted by atomic mass is 32.2. The van der Waals surface area contributed by atoms with Crippen molar-refractivity contribution in [2.24, 2.45) is 0 Å². The molecule has 0 saturated carbocycles. The van der Waals surface area contributed by atoms with Gasteiger partial charge in [0.25, 0.3) is 0 Å². The van der Waals surface area contributed by atoms with E-state index in [1.54, 1.807) is 13.8 Å². The third kappa shape index (κ3) is 9.43. The number of nitrogens with one attached hydrogen (secondary N) is 1. The van der Waals surface area contributed by atoms with Crippen molar-refractivity contribution in [2.75, 3.05) is 12.9 Å². The number of esters is 1. The van der Waals surface area contributed by atoms with Crippen LogP contribution in [0.4, 0.5) is 0 Å². The number of carbonyl (C=O) groups excluding carboxylic acids is 1. The van der Waals surface area contributed by atoms with Crippen LogP contribution in [0.5, 0.6) is 0 Å². The molecule has 2 N–H and O–H groups in total. The van der Waals surface area contributed by atoms with Crippen molar-refractivity contribution >= 4 is 22.0 Å². The van der Waals surface area contributed by atoms with E-state index < -0.39 is 27.5 Å². The molecule has 8 heteroatoms. The Labute approximate surface area is 113 Å². The largest absolute Gasteiger partial charge is 0.481 e. The molecule has 19 heavy (non-hydrogen) atoms. The van der Waals surface area contributed by atoms with Crippen LogP contribution in [0, 0.1) is 0 Å². The highest BCUT2D eigenvalue weighted by molar-refractivity contribution is 7.89. The minimum Gasteiger partial charge on any atom is -0.481 e. The third-order valence-corrected chi connectivity index (χ3v) is 4.11. The molecule has 0 heterocycles. The highest BCUT2D eigenvalue weighted by Crippen LogP contribution is 2.13. The Kier molecular flexibility index (Phi) is 6.99. The second-order valence-electron chi connectivity index (χ2n) is 4.88. The molecule has 0 atom stereocenters. The van der Waals surface area contributed by atoms with Crippen molar-refractivity contribution < 1.29 is 27.9 Å². The van der Waals surface area contributed by atoms with Crippen molar-refractivity contribution in [1.29, 1.82) is 0 Å². The summed E-state index contributed by atoms with van der Waals surface area (Å²) in [5, 5.41) is 8.58. The summed E-state index contributed by atoms with van der Waals surface area (Å²) in [6, 6.07) is 0. The average Bonchev–Trinajstić information content (AvgIpc) is 2.24. The first-order valence-corrected chi connectivity index (χ1v) is 7.53. The Balaban J connectivity index is 4.27. The first kappa shape index (κ1) is 17.8. The summed E-state index contributed by atoms with van der Waals surface area (Å²) in [6.45, 7) is 3.24. The van der Waals surface area contributed by atoms with E-state index in [2.05, 4.69) is 9.46 Å². The molecule has 0 aromatic heterocycles. The Bertz CT molecular complexity index is 415. The average molecular weight is 295 g/mol. The number of carboxylic acids is 1. The zero-order valence-electron chi connectivity index (χ0n) is 11.4. The van der Waals surface area contributed by atoms with Gasteiger partial charge in [0.15, 0.2) is 0 Å². The molecule has 0 bridgehead atoms. The van der Waals surface area contributed by atoms with Crippen LogP contribution in [-0.2, 0) is 24.3 Å². The van der Waals surface area contributed by atoms with Crippen LogP contribution < -0.4 is 4.72 Å². The van der Waals surface area contributed by atoms with Gasteiger partial charge in [-0.25, -0.2) is 13.1 Å². The lowest BCUT2D eigenvalue weighted by molar-refractivity contribution is -0.140. The minimum atomic E-state index is -3.54. The molecule has 0 spiro atoms. The molecule has 0 aliphatic heterocycles. The monoisotopic (exact) mass is 295 g/mol. The van der Waals surface area contributed by atoms with E-state index in [1.807, 2.05) is 0 Å². The van der Waals surface area contributed by atoms with E-state index in [9.17, 15) is 18.0 Å². The predicted octanol–water partition coefficient (Wildman–Crippen LogP) is 0.502. The van der Waals surface area contributed by atoms with Gasteiger partial charge >= 0.3 is 11.9 Å². The molecule has 0 aromatic carbocycles. The lowest BCUT2D eigenvalue weighted by Gasteiger charge is -2.25. The normalized spacial score (nSPS) is 12.2. The van der Waals surface area contributed by atoms with Crippen molar-refractivity contribution in [1.82, 2.24) is 4.72 Å². The molecule has 0 aliphatic carbocycles. The minimum absolute atomic E-state index is 0.0347. The first-order valence-electron chi connectivity index (χ1n) is 5.88. The summed E-state index contributed by atoms with van der Waals surface area (Å²) in [5.74, 6) is -1.63. The molecule has 0 unspecified atom stereocenters. The van der Waals surface area contributed by atoms with Crippen molar-refractivity contribution in [2.45, 2.75) is 45.1 Å². The standard InChI is InChI=1S/C11H21NO6S/c1-11(2,7-6-9(13)14)12-19(16,17)8-4-5-10(15)18-3/h12H,4-8H2,1-3H3,(H,13,14). The summed E-state index contributed by atoms with van der Waals surface area (Å²) in [7, 11) is -2.30. The number of methoxy groups -OCH3 is 1. The Morgan fingerprint density at radius 1 is 1.26 bits per heavy atom. The fourth-order valence-electron chi connectivity index (χ4n) is 1.45. The molecule has 0 aliphatic rings. The Morgan fingerprint density at radius 2 is 1.84 bits per heavy atom. The van der Waals surface area contributed by atoms with Crippen molar-refractivity contribution in [3.8, 4) is 0 Å². The number of hydrogen-bond donors (Lipinski definition) is 2. The molecular weight excluding hydrogens is 274 g/mol. The maximum Gasteiger partial charge on any atom is 0.305 e. The molecule has 112 valence electrons. The highest BCUT2D eigenvalue weighted by Gasteiger charge is 2.25. The van der Waals surface area contributed by atoms with E-state index in [1.165, 1.54) is 7.11 Å². The second kappa shape index (κ2) is 7.44. The molecule has 0 rings (SSSR count). The Morgan fingerprint density at radius 3 is 2.32 bits per heavy atom. The quantitative estimate of drug-likeness (QED) is 0.599. The lowest BCUT2D eigenvalue weighted by Crippen LogP contribution is -2.44. The number of sulfonamides is 1. The van der Waals surface area contributed by atoms with Gasteiger partial charge in [-0.3, -0.25) is 9.59 Å². The van der Waals surface area contributed by atoms with E-state index in [4.69, 9.17) is 5.11 Å². The first-order chi connectivity index (χ1) is 8.58. The van der Waals surface area contributed by atoms with Gasteiger partial charge < -0.3 is 9.84 Å². The molecule has 0 fully saturated rings. The molecule has 0 radical (unpaired) electrons. The molecule has 7 nitrogen and oxygen atoms in total. The fraction of sp³-hybridized carbons (Fsp3) is 0.818. The van der Waals surface area contributed by atoms with E-state index in [0.717, 1.165) is 0 Å². The van der Waals surface area contributed by atoms with Crippen molar-refractivity contribution in [3.63, 3.8) is 0 Å². The number of carboxylic acid groups (broad SMARTS) is 1. The summed E-state index contributed by atoms with van der Waals surface area (Å²) < 4.78 is 30.3. The second-order valence-corrected chi connectivity index (χ2v) is 6.72. The van der Waals surface area contributed by atoms with Crippen LogP contribution in [0.25, 0.3) is 0 Å². The number of ether oxygens (including phenoxy) is 1. The fourth-order valence-corrected chi connectivity index (χ4v) is 3.02. The van der Waals surface area contributed by atoms with E-state index >= 15 is 0 Å². The van der Waals surface area contributed by atoms with E-state index in [0.29, 0.717) is 0 Å². The zero-order valence-corrected chi connectivity index (χ0v) is 12.2. The van der Waals surface area contributed by atoms with Crippen LogP contribution in [0.3, 0.4) is 0 Å². The molecule has 0 saturated heterocycles. The molecule has 0 amide bonds. The Hall–Kier alpha value is -1.15. The maximum absolute atomic E-state index is 11.8. The number of hydrogen-bond acceptors (Lipinski definition) is 5. The molecular formula is C11H21NO6S. The van der Waals surface area contributed by atoms with Crippen LogP contribution >= 0.6 is 0 Å². The SMILES string of the molecule is COC(=O)CCCS(=O)(=O)NC(C)(C)CCC(=O)O. The van der Waals surface area contributed by atoms with Gasteiger partial charge in [-0.15, -0.1) is 0 Å². The topological polar surface area (TPSA) is 110 Å². The van der Waals surface area contributed by atoms with Gasteiger partial charge in [0.1, 0.15) is 0 Å². The summed E-state index contributed by atoms with van der Waals surface area (Å²) in [6.07, 6.45) is 0.278. The van der Waals surface area contributed by atoms with Crippen LogP contribution in [0.1, 0.15) is 39.5 Å². The van der Waals surface area contributed by atoms with Crippen molar-refractivity contribution in [3.05, 3.63) is 0 Å². The smallest absolute Gasteiger partial charge is 0.305 e. The molecule has 0 aromatic rings. The predicted molar refractivity (Wildman–Crippen MR) is 69.1 cm³/mol.